The molecule has 0 saturated carbocycles. The monoisotopic (exact) mass is 340 g/mol. The zero-order chi connectivity index (χ0) is 17.1. The normalized spacial score (nSPS) is 22.4. The Morgan fingerprint density at radius 2 is 1.88 bits per heavy atom. The quantitative estimate of drug-likeness (QED) is 0.837. The molecule has 2 saturated heterocycles. The first-order valence-electron chi connectivity index (χ1n) is 9.34. The van der Waals surface area contributed by atoms with Crippen LogP contribution in [-0.4, -0.2) is 35.7 Å². The van der Waals surface area contributed by atoms with Crippen LogP contribution in [0.15, 0.2) is 42.5 Å². The molecule has 3 nitrogen and oxygen atoms in total. The maximum atomic E-state index is 13.9. The number of benzene rings is 1. The number of halogens is 1. The van der Waals surface area contributed by atoms with E-state index in [2.05, 4.69) is 17.0 Å². The van der Waals surface area contributed by atoms with Crippen molar-refractivity contribution < 1.29 is 9.13 Å². The lowest BCUT2D eigenvalue weighted by molar-refractivity contribution is 0.0285. The first-order chi connectivity index (χ1) is 12.3. The maximum Gasteiger partial charge on any atom is 0.126 e. The lowest BCUT2D eigenvalue weighted by Crippen LogP contribution is -2.39. The summed E-state index contributed by atoms with van der Waals surface area (Å²) in [6, 6.07) is 14.2. The van der Waals surface area contributed by atoms with Gasteiger partial charge in [0.2, 0.25) is 0 Å². The second-order valence-electron chi connectivity index (χ2n) is 7.06. The molecule has 0 amide bonds. The number of hydrogen-bond acceptors (Lipinski definition) is 3. The number of aromatic nitrogens is 1. The van der Waals surface area contributed by atoms with Crippen LogP contribution in [0.2, 0.25) is 0 Å². The van der Waals surface area contributed by atoms with Crippen molar-refractivity contribution in [1.82, 2.24) is 9.88 Å². The molecule has 132 valence electrons. The molecular formula is C21H25FN2O. The Morgan fingerprint density at radius 3 is 2.72 bits per heavy atom. The molecule has 2 fully saturated rings. The van der Waals surface area contributed by atoms with Crippen molar-refractivity contribution in [3.05, 3.63) is 65.2 Å². The Labute approximate surface area is 148 Å². The predicted octanol–water partition coefficient (Wildman–Crippen LogP) is 4.13. The number of hydrogen-bond donors (Lipinski definition) is 0. The van der Waals surface area contributed by atoms with Gasteiger partial charge in [0.15, 0.2) is 0 Å². The predicted molar refractivity (Wildman–Crippen MR) is 96.0 cm³/mol. The molecule has 0 N–H and O–H groups in total. The number of pyridine rings is 1. The third-order valence-electron chi connectivity index (χ3n) is 5.45. The van der Waals surface area contributed by atoms with Gasteiger partial charge in [-0.2, -0.15) is 0 Å². The summed E-state index contributed by atoms with van der Waals surface area (Å²) in [7, 11) is 0. The minimum Gasteiger partial charge on any atom is -0.381 e. The fraction of sp³-hybridized carbons (Fsp3) is 0.476. The first kappa shape index (κ1) is 16.7. The van der Waals surface area contributed by atoms with Gasteiger partial charge in [-0.1, -0.05) is 24.3 Å². The zero-order valence-electron chi connectivity index (χ0n) is 14.5. The van der Waals surface area contributed by atoms with Gasteiger partial charge in [0.05, 0.1) is 11.7 Å². The topological polar surface area (TPSA) is 25.4 Å². The molecule has 1 aromatic carbocycles. The molecule has 3 heterocycles. The van der Waals surface area contributed by atoms with Crippen LogP contribution in [-0.2, 0) is 11.2 Å². The van der Waals surface area contributed by atoms with Crippen LogP contribution in [0.4, 0.5) is 4.39 Å². The van der Waals surface area contributed by atoms with Crippen molar-refractivity contribution in [2.45, 2.75) is 44.2 Å². The standard InChI is InChI=1S/C21H25FN2O/c22-19-7-2-1-5-16(19)15-17-6-3-8-20(23-17)21-9-4-12-24(21)18-10-13-25-14-11-18/h1-3,5-8,18,21H,4,9-15H2/t21-/m0/s1. The first-order valence-corrected chi connectivity index (χ1v) is 9.34. The Kier molecular flexibility index (Phi) is 5.09. The van der Waals surface area contributed by atoms with Crippen molar-refractivity contribution in [2.75, 3.05) is 19.8 Å². The molecule has 4 heteroatoms. The van der Waals surface area contributed by atoms with E-state index in [9.17, 15) is 4.39 Å². The number of nitrogens with zero attached hydrogens (tertiary/aromatic N) is 2. The van der Waals surface area contributed by atoms with Gasteiger partial charge in [0.1, 0.15) is 5.82 Å². The lowest BCUT2D eigenvalue weighted by Gasteiger charge is -2.35. The van der Waals surface area contributed by atoms with Crippen molar-refractivity contribution in [1.29, 1.82) is 0 Å². The molecule has 1 aromatic heterocycles. The van der Waals surface area contributed by atoms with E-state index in [-0.39, 0.29) is 5.82 Å². The molecule has 0 aliphatic carbocycles. The summed E-state index contributed by atoms with van der Waals surface area (Å²) in [6.07, 6.45) is 5.16. The Morgan fingerprint density at radius 1 is 1.04 bits per heavy atom. The van der Waals surface area contributed by atoms with Gasteiger partial charge in [-0.3, -0.25) is 9.88 Å². The zero-order valence-corrected chi connectivity index (χ0v) is 14.5. The van der Waals surface area contributed by atoms with E-state index < -0.39 is 0 Å². The number of rotatable bonds is 4. The molecule has 4 rings (SSSR count). The molecule has 2 aliphatic heterocycles. The summed E-state index contributed by atoms with van der Waals surface area (Å²) in [4.78, 5) is 7.52. The summed E-state index contributed by atoms with van der Waals surface area (Å²) in [5.74, 6) is -0.153. The van der Waals surface area contributed by atoms with E-state index in [0.29, 0.717) is 24.1 Å². The number of ether oxygens (including phenoxy) is 1. The second-order valence-corrected chi connectivity index (χ2v) is 7.06. The van der Waals surface area contributed by atoms with E-state index in [1.165, 1.54) is 12.5 Å². The van der Waals surface area contributed by atoms with Gasteiger partial charge in [-0.05, 0) is 56.0 Å². The summed E-state index contributed by atoms with van der Waals surface area (Å²) in [5.41, 5.74) is 2.79. The molecule has 2 aliphatic rings. The van der Waals surface area contributed by atoms with Crippen molar-refractivity contribution in [3.63, 3.8) is 0 Å². The molecule has 1 atom stereocenters. The van der Waals surface area contributed by atoms with Gasteiger partial charge in [-0.15, -0.1) is 0 Å². The molecule has 25 heavy (non-hydrogen) atoms. The van der Waals surface area contributed by atoms with Crippen LogP contribution in [0, 0.1) is 5.82 Å². The average molecular weight is 340 g/mol. The molecule has 0 spiro atoms. The van der Waals surface area contributed by atoms with Gasteiger partial charge < -0.3 is 4.74 Å². The van der Waals surface area contributed by atoms with Gasteiger partial charge in [0, 0.05) is 31.4 Å². The summed E-state index contributed by atoms with van der Waals surface area (Å²) >= 11 is 0. The van der Waals surface area contributed by atoms with Crippen molar-refractivity contribution in [2.24, 2.45) is 0 Å². The second kappa shape index (κ2) is 7.63. The van der Waals surface area contributed by atoms with Crippen LogP contribution in [0.5, 0.6) is 0 Å². The Balaban J connectivity index is 1.53. The highest BCUT2D eigenvalue weighted by Crippen LogP contribution is 2.35. The third-order valence-corrected chi connectivity index (χ3v) is 5.45. The van der Waals surface area contributed by atoms with Crippen LogP contribution >= 0.6 is 0 Å². The molecular weight excluding hydrogens is 315 g/mol. The van der Waals surface area contributed by atoms with E-state index in [0.717, 1.165) is 50.4 Å². The SMILES string of the molecule is Fc1ccccc1Cc1cccc([C@@H]2CCCN2C2CCOCC2)n1. The van der Waals surface area contributed by atoms with E-state index >= 15 is 0 Å². The van der Waals surface area contributed by atoms with Crippen molar-refractivity contribution >= 4 is 0 Å². The third kappa shape index (κ3) is 3.75. The van der Waals surface area contributed by atoms with Gasteiger partial charge >= 0.3 is 0 Å². The minimum atomic E-state index is -0.153. The highest BCUT2D eigenvalue weighted by atomic mass is 19.1. The fourth-order valence-corrected chi connectivity index (χ4v) is 4.18. The Hall–Kier alpha value is -1.78. The van der Waals surface area contributed by atoms with Crippen LogP contribution in [0.1, 0.15) is 48.7 Å². The summed E-state index contributed by atoms with van der Waals surface area (Å²) < 4.78 is 19.5. The highest BCUT2D eigenvalue weighted by Gasteiger charge is 2.33. The summed E-state index contributed by atoms with van der Waals surface area (Å²) in [5, 5.41) is 0. The smallest absolute Gasteiger partial charge is 0.126 e. The highest BCUT2D eigenvalue weighted by molar-refractivity contribution is 5.25. The average Bonchev–Trinajstić information content (AvgIpc) is 3.15. The van der Waals surface area contributed by atoms with Crippen LogP contribution in [0.3, 0.4) is 0 Å². The van der Waals surface area contributed by atoms with Gasteiger partial charge in [-0.25, -0.2) is 4.39 Å². The fourth-order valence-electron chi connectivity index (χ4n) is 4.18. The molecule has 0 unspecified atom stereocenters. The van der Waals surface area contributed by atoms with Crippen LogP contribution in [0.25, 0.3) is 0 Å². The Bertz CT molecular complexity index is 715. The van der Waals surface area contributed by atoms with E-state index in [1.807, 2.05) is 18.2 Å². The summed E-state index contributed by atoms with van der Waals surface area (Å²) in [6.45, 7) is 2.89. The van der Waals surface area contributed by atoms with Crippen LogP contribution < -0.4 is 0 Å². The lowest BCUT2D eigenvalue weighted by atomic mass is 10.0. The van der Waals surface area contributed by atoms with Gasteiger partial charge in [0.25, 0.3) is 0 Å². The van der Waals surface area contributed by atoms with E-state index in [4.69, 9.17) is 9.72 Å². The minimum absolute atomic E-state index is 0.153. The largest absolute Gasteiger partial charge is 0.381 e. The van der Waals surface area contributed by atoms with Crippen molar-refractivity contribution in [3.8, 4) is 0 Å². The number of likely N-dealkylation sites (tertiary alicyclic amines) is 1. The maximum absolute atomic E-state index is 13.9. The molecule has 0 bridgehead atoms. The van der Waals surface area contributed by atoms with E-state index in [1.54, 1.807) is 6.07 Å². The molecule has 2 aromatic rings. The molecule has 0 radical (unpaired) electrons.